The van der Waals surface area contributed by atoms with E-state index in [1.54, 1.807) is 6.92 Å². The van der Waals surface area contributed by atoms with Gasteiger partial charge in [-0.05, 0) is 31.5 Å². The fourth-order valence-corrected chi connectivity index (χ4v) is 1.51. The van der Waals surface area contributed by atoms with Gasteiger partial charge in [0.2, 0.25) is 6.41 Å². The molecule has 0 saturated heterocycles. The van der Waals surface area contributed by atoms with E-state index < -0.39 is 23.1 Å². The van der Waals surface area contributed by atoms with Crippen LogP contribution in [0.3, 0.4) is 0 Å². The van der Waals surface area contributed by atoms with Crippen LogP contribution in [-0.2, 0) is 15.1 Å². The second-order valence-electron chi connectivity index (χ2n) is 4.03. The number of hydrogen-bond donors (Lipinski definition) is 1. The lowest BCUT2D eigenvalue weighted by molar-refractivity contribution is -0.142. The molecule has 0 saturated carbocycles. The maximum atomic E-state index is 13.1. The zero-order valence-corrected chi connectivity index (χ0v) is 10.1. The van der Waals surface area contributed by atoms with Crippen LogP contribution in [-0.4, -0.2) is 23.8 Å². The topological polar surface area (TPSA) is 63.4 Å². The van der Waals surface area contributed by atoms with Crippen LogP contribution >= 0.6 is 0 Å². The van der Waals surface area contributed by atoms with Crippen LogP contribution in [0.4, 0.5) is 8.78 Å². The molecule has 1 unspecified atom stereocenters. The number of nitrogens with zero attached hydrogens (tertiary/aromatic N) is 1. The Morgan fingerprint density at radius 3 is 2.50 bits per heavy atom. The third-order valence-corrected chi connectivity index (χ3v) is 2.69. The number of carbonyl (C=O) groups excluding carboxylic acids is 2. The van der Waals surface area contributed by atoms with Crippen LogP contribution in [0.5, 0.6) is 0 Å². The predicted octanol–water partition coefficient (Wildman–Crippen LogP) is 1.14. The van der Waals surface area contributed by atoms with Gasteiger partial charge in [0.15, 0.2) is 11.6 Å². The minimum atomic E-state index is -1.59. The Morgan fingerprint density at radius 1 is 1.44 bits per heavy atom. The van der Waals surface area contributed by atoms with E-state index >= 15 is 0 Å². The highest BCUT2D eigenvalue weighted by atomic mass is 19.2. The standard InChI is InChI=1S/C12H14F2N2O2/c1-3-16(7-17)11(18)12(2,15)8-4-5-9(13)10(14)6-8/h4-7H,3,15H2,1-2H3. The van der Waals surface area contributed by atoms with E-state index in [1.165, 1.54) is 13.0 Å². The maximum absolute atomic E-state index is 13.1. The van der Waals surface area contributed by atoms with Crippen LogP contribution in [0.15, 0.2) is 18.2 Å². The molecule has 1 aromatic rings. The van der Waals surface area contributed by atoms with Crippen LogP contribution in [0.25, 0.3) is 0 Å². The van der Waals surface area contributed by atoms with Gasteiger partial charge in [-0.1, -0.05) is 6.07 Å². The number of likely N-dealkylation sites (N-methyl/N-ethyl adjacent to an activating group) is 1. The lowest BCUT2D eigenvalue weighted by Gasteiger charge is -2.28. The van der Waals surface area contributed by atoms with E-state index in [0.29, 0.717) is 6.41 Å². The smallest absolute Gasteiger partial charge is 0.253 e. The van der Waals surface area contributed by atoms with E-state index in [9.17, 15) is 18.4 Å². The SMILES string of the molecule is CCN(C=O)C(=O)C(C)(N)c1ccc(F)c(F)c1. The number of halogens is 2. The molecule has 98 valence electrons. The molecule has 0 aromatic heterocycles. The second-order valence-corrected chi connectivity index (χ2v) is 4.03. The Morgan fingerprint density at radius 2 is 2.06 bits per heavy atom. The van der Waals surface area contributed by atoms with Gasteiger partial charge in [0.25, 0.3) is 5.91 Å². The summed E-state index contributed by atoms with van der Waals surface area (Å²) < 4.78 is 25.9. The number of benzene rings is 1. The molecule has 0 bridgehead atoms. The molecule has 0 fully saturated rings. The van der Waals surface area contributed by atoms with E-state index in [4.69, 9.17) is 5.73 Å². The average molecular weight is 256 g/mol. The molecule has 1 atom stereocenters. The van der Waals surface area contributed by atoms with Crippen LogP contribution in [0.1, 0.15) is 19.4 Å². The first-order valence-corrected chi connectivity index (χ1v) is 5.35. The Kier molecular flexibility index (Phi) is 4.13. The van der Waals surface area contributed by atoms with Crippen molar-refractivity contribution in [3.8, 4) is 0 Å². The summed E-state index contributed by atoms with van der Waals surface area (Å²) in [6.45, 7) is 3.10. The van der Waals surface area contributed by atoms with Gasteiger partial charge in [0.05, 0.1) is 0 Å². The Hall–Kier alpha value is -1.82. The Labute approximate surface area is 103 Å². The first kappa shape index (κ1) is 14.2. The third-order valence-electron chi connectivity index (χ3n) is 2.69. The van der Waals surface area contributed by atoms with Gasteiger partial charge >= 0.3 is 0 Å². The van der Waals surface area contributed by atoms with Crippen molar-refractivity contribution < 1.29 is 18.4 Å². The first-order chi connectivity index (χ1) is 8.34. The fourth-order valence-electron chi connectivity index (χ4n) is 1.51. The molecule has 0 aliphatic heterocycles. The number of imide groups is 1. The minimum Gasteiger partial charge on any atom is -0.314 e. The van der Waals surface area contributed by atoms with Crippen molar-refractivity contribution >= 4 is 12.3 Å². The van der Waals surface area contributed by atoms with Crippen molar-refractivity contribution in [3.63, 3.8) is 0 Å². The average Bonchev–Trinajstić information content (AvgIpc) is 2.33. The number of nitrogens with two attached hydrogens (primary N) is 1. The van der Waals surface area contributed by atoms with Gasteiger partial charge < -0.3 is 5.73 Å². The van der Waals surface area contributed by atoms with Gasteiger partial charge in [-0.3, -0.25) is 14.5 Å². The molecular formula is C12H14F2N2O2. The summed E-state index contributed by atoms with van der Waals surface area (Å²) in [5.74, 6) is -2.79. The van der Waals surface area contributed by atoms with E-state index in [0.717, 1.165) is 17.0 Å². The van der Waals surface area contributed by atoms with Crippen molar-refractivity contribution in [1.29, 1.82) is 0 Å². The molecule has 0 radical (unpaired) electrons. The molecule has 0 aliphatic rings. The highest BCUT2D eigenvalue weighted by Crippen LogP contribution is 2.22. The summed E-state index contributed by atoms with van der Waals surface area (Å²) in [6.07, 6.45) is 0.354. The quantitative estimate of drug-likeness (QED) is 0.822. The predicted molar refractivity (Wildman–Crippen MR) is 61.3 cm³/mol. The summed E-state index contributed by atoms with van der Waals surface area (Å²) in [7, 11) is 0. The summed E-state index contributed by atoms with van der Waals surface area (Å²) in [5.41, 5.74) is 4.32. The van der Waals surface area contributed by atoms with Crippen molar-refractivity contribution in [3.05, 3.63) is 35.4 Å². The highest BCUT2D eigenvalue weighted by molar-refractivity contribution is 5.93. The monoisotopic (exact) mass is 256 g/mol. The van der Waals surface area contributed by atoms with E-state index in [-0.39, 0.29) is 12.1 Å². The molecule has 1 aromatic carbocycles. The van der Waals surface area contributed by atoms with E-state index in [2.05, 4.69) is 0 Å². The molecule has 1 rings (SSSR count). The van der Waals surface area contributed by atoms with Gasteiger partial charge in [-0.2, -0.15) is 0 Å². The normalized spacial score (nSPS) is 13.8. The molecule has 0 heterocycles. The van der Waals surface area contributed by atoms with Crippen molar-refractivity contribution in [2.24, 2.45) is 5.73 Å². The van der Waals surface area contributed by atoms with E-state index in [1.807, 2.05) is 0 Å². The molecule has 0 spiro atoms. The number of rotatable bonds is 4. The number of hydrogen-bond acceptors (Lipinski definition) is 3. The van der Waals surface area contributed by atoms with Crippen molar-refractivity contribution in [1.82, 2.24) is 4.90 Å². The lowest BCUT2D eigenvalue weighted by atomic mass is 9.91. The zero-order valence-electron chi connectivity index (χ0n) is 10.1. The third kappa shape index (κ3) is 2.53. The van der Waals surface area contributed by atoms with Crippen LogP contribution in [0.2, 0.25) is 0 Å². The summed E-state index contributed by atoms with van der Waals surface area (Å²) in [6, 6.07) is 2.96. The van der Waals surface area contributed by atoms with Crippen molar-refractivity contribution in [2.75, 3.05) is 6.54 Å². The largest absolute Gasteiger partial charge is 0.314 e. The van der Waals surface area contributed by atoms with Gasteiger partial charge in [0, 0.05) is 6.54 Å². The summed E-state index contributed by atoms with van der Waals surface area (Å²) in [4.78, 5) is 23.5. The summed E-state index contributed by atoms with van der Waals surface area (Å²) >= 11 is 0. The first-order valence-electron chi connectivity index (χ1n) is 5.35. The second kappa shape index (κ2) is 5.22. The zero-order chi connectivity index (χ0) is 13.9. The van der Waals surface area contributed by atoms with Crippen LogP contribution in [0, 0.1) is 11.6 Å². The number of carbonyl (C=O) groups is 2. The van der Waals surface area contributed by atoms with Gasteiger partial charge in [-0.15, -0.1) is 0 Å². The molecule has 0 aliphatic carbocycles. The molecule has 2 N–H and O–H groups in total. The molecular weight excluding hydrogens is 242 g/mol. The van der Waals surface area contributed by atoms with Crippen LogP contribution < -0.4 is 5.73 Å². The minimum absolute atomic E-state index is 0.103. The van der Waals surface area contributed by atoms with Gasteiger partial charge in [0.1, 0.15) is 5.54 Å². The maximum Gasteiger partial charge on any atom is 0.253 e. The molecule has 2 amide bonds. The van der Waals surface area contributed by atoms with Crippen molar-refractivity contribution in [2.45, 2.75) is 19.4 Å². The van der Waals surface area contributed by atoms with Gasteiger partial charge in [-0.25, -0.2) is 8.78 Å². The molecule has 4 nitrogen and oxygen atoms in total. The number of amides is 2. The lowest BCUT2D eigenvalue weighted by Crippen LogP contribution is -2.50. The highest BCUT2D eigenvalue weighted by Gasteiger charge is 2.34. The Balaban J connectivity index is 3.15. The molecule has 18 heavy (non-hydrogen) atoms. The fraction of sp³-hybridized carbons (Fsp3) is 0.333. The Bertz CT molecular complexity index is 475. The summed E-state index contributed by atoms with van der Waals surface area (Å²) in [5, 5.41) is 0. The molecule has 6 heteroatoms.